The van der Waals surface area contributed by atoms with Crippen LogP contribution in [-0.4, -0.2) is 47.0 Å². The number of alkyl halides is 2. The third kappa shape index (κ3) is 4.81. The smallest absolute Gasteiger partial charge is 0.316 e. The number of amides is 3. The van der Waals surface area contributed by atoms with E-state index in [0.29, 0.717) is 41.3 Å². The normalized spacial score (nSPS) is 27.5. The quantitative estimate of drug-likeness (QED) is 0.210. The molecule has 2 aromatic rings. The van der Waals surface area contributed by atoms with Gasteiger partial charge in [0, 0.05) is 34.4 Å². The van der Waals surface area contributed by atoms with Gasteiger partial charge in [-0.15, -0.1) is 0 Å². The summed E-state index contributed by atoms with van der Waals surface area (Å²) in [5.41, 5.74) is 1.82. The Morgan fingerprint density at radius 1 is 0.946 bits per heavy atom. The number of nitrogens with zero attached hydrogens (tertiary/aromatic N) is 2. The van der Waals surface area contributed by atoms with Crippen LogP contribution < -0.4 is 19.3 Å². The van der Waals surface area contributed by atoms with Gasteiger partial charge in [0.05, 0.1) is 30.6 Å². The van der Waals surface area contributed by atoms with Crippen molar-refractivity contribution < 1.29 is 28.7 Å². The summed E-state index contributed by atoms with van der Waals surface area (Å²) < 4.78 is 10.8. The van der Waals surface area contributed by atoms with Gasteiger partial charge >= 0.3 is 5.97 Å². The van der Waals surface area contributed by atoms with E-state index in [1.54, 1.807) is 61.4 Å². The van der Waals surface area contributed by atoms with Gasteiger partial charge in [-0.3, -0.25) is 19.2 Å². The number of aryl methyl sites for hydroxylation is 1. The van der Waals surface area contributed by atoms with Gasteiger partial charge in [-0.1, -0.05) is 37.9 Å². The number of methoxy groups -OCH3 is 1. The van der Waals surface area contributed by atoms with Crippen molar-refractivity contribution >= 4 is 66.9 Å². The third-order valence-corrected chi connectivity index (χ3v) is 10.1. The van der Waals surface area contributed by atoms with E-state index in [4.69, 9.17) is 9.47 Å². The van der Waals surface area contributed by atoms with Crippen molar-refractivity contribution in [2.45, 2.75) is 35.8 Å². The Balaban J connectivity index is 1.28. The fourth-order valence-corrected chi connectivity index (χ4v) is 6.60. The second-order valence-corrected chi connectivity index (χ2v) is 12.1. The highest BCUT2D eigenvalue weighted by molar-refractivity contribution is 9.12. The first-order chi connectivity index (χ1) is 17.7. The number of hydrogen-bond acceptors (Lipinski definition) is 6. The minimum absolute atomic E-state index is 0.0514. The third-order valence-electron chi connectivity index (χ3n) is 7.36. The summed E-state index contributed by atoms with van der Waals surface area (Å²) in [6.07, 6.45) is 1.25. The second kappa shape index (κ2) is 10.2. The molecule has 1 saturated carbocycles. The number of rotatable bonds is 5. The van der Waals surface area contributed by atoms with Gasteiger partial charge in [0.15, 0.2) is 0 Å². The zero-order chi connectivity index (χ0) is 26.4. The van der Waals surface area contributed by atoms with Crippen LogP contribution in [0.5, 0.6) is 11.5 Å². The lowest BCUT2D eigenvalue weighted by Gasteiger charge is -2.29. The van der Waals surface area contributed by atoms with Crippen LogP contribution in [0.25, 0.3) is 0 Å². The van der Waals surface area contributed by atoms with Gasteiger partial charge in [-0.25, -0.2) is 4.90 Å². The van der Waals surface area contributed by atoms with Gasteiger partial charge in [-0.05, 0) is 55.7 Å². The lowest BCUT2D eigenvalue weighted by Crippen LogP contribution is -2.34. The molecule has 0 radical (unpaired) electrons. The Morgan fingerprint density at radius 2 is 1.62 bits per heavy atom. The second-order valence-electron chi connectivity index (χ2n) is 9.70. The van der Waals surface area contributed by atoms with Crippen LogP contribution in [0.4, 0.5) is 11.4 Å². The summed E-state index contributed by atoms with van der Waals surface area (Å²) in [6, 6.07) is 12.0. The number of anilines is 2. The van der Waals surface area contributed by atoms with Crippen LogP contribution in [0.1, 0.15) is 24.8 Å². The largest absolute Gasteiger partial charge is 0.497 e. The molecule has 3 fully saturated rings. The van der Waals surface area contributed by atoms with Gasteiger partial charge in [-0.2, -0.15) is 0 Å². The number of esters is 1. The Morgan fingerprint density at radius 3 is 2.24 bits per heavy atom. The van der Waals surface area contributed by atoms with Crippen molar-refractivity contribution in [2.24, 2.45) is 17.8 Å². The molecule has 1 aliphatic carbocycles. The molecule has 0 unspecified atom stereocenters. The summed E-state index contributed by atoms with van der Waals surface area (Å²) in [5, 5.41) is 0. The SMILES string of the molecule is COc1cccc(N2C[C@H](C(=O)Oc3ccc(N4C(=O)[C@H]5C[C@@H](Br)[C@@H](Br)C[C@H]5C4=O)c(C)c3)CC2=O)c1. The highest BCUT2D eigenvalue weighted by atomic mass is 79.9. The summed E-state index contributed by atoms with van der Waals surface area (Å²) in [5.74, 6) is -1.40. The molecule has 2 aromatic carbocycles. The van der Waals surface area contributed by atoms with E-state index < -0.39 is 11.9 Å². The molecule has 8 nitrogen and oxygen atoms in total. The number of halogens is 2. The minimum atomic E-state index is -0.613. The van der Waals surface area contributed by atoms with Crippen molar-refractivity contribution in [2.75, 3.05) is 23.5 Å². The maximum Gasteiger partial charge on any atom is 0.316 e. The van der Waals surface area contributed by atoms with E-state index in [9.17, 15) is 19.2 Å². The van der Waals surface area contributed by atoms with Crippen LogP contribution in [0.15, 0.2) is 42.5 Å². The molecule has 2 heterocycles. The molecule has 3 amide bonds. The van der Waals surface area contributed by atoms with Crippen molar-refractivity contribution in [1.82, 2.24) is 0 Å². The Kier molecular flexibility index (Phi) is 7.15. The fraction of sp³-hybridized carbons (Fsp3) is 0.407. The predicted octanol–water partition coefficient (Wildman–Crippen LogP) is 4.39. The molecular formula is C27H26Br2N2O6. The van der Waals surface area contributed by atoms with E-state index in [1.165, 1.54) is 4.90 Å². The number of benzene rings is 2. The zero-order valence-electron chi connectivity index (χ0n) is 20.4. The summed E-state index contributed by atoms with van der Waals surface area (Å²) in [4.78, 5) is 54.9. The van der Waals surface area contributed by atoms with Gasteiger partial charge in [0.25, 0.3) is 0 Å². The summed E-state index contributed by atoms with van der Waals surface area (Å²) >= 11 is 7.22. The highest BCUT2D eigenvalue weighted by Crippen LogP contribution is 2.45. The zero-order valence-corrected chi connectivity index (χ0v) is 23.5. The molecule has 2 saturated heterocycles. The van der Waals surface area contributed by atoms with Crippen LogP contribution in [0, 0.1) is 24.7 Å². The van der Waals surface area contributed by atoms with Crippen LogP contribution >= 0.6 is 31.9 Å². The van der Waals surface area contributed by atoms with E-state index in [2.05, 4.69) is 31.9 Å². The van der Waals surface area contributed by atoms with Crippen molar-refractivity contribution in [1.29, 1.82) is 0 Å². The highest BCUT2D eigenvalue weighted by Gasteiger charge is 2.52. The van der Waals surface area contributed by atoms with E-state index >= 15 is 0 Å². The molecule has 0 bridgehead atoms. The maximum absolute atomic E-state index is 13.1. The van der Waals surface area contributed by atoms with Crippen molar-refractivity contribution in [3.8, 4) is 11.5 Å². The molecule has 5 rings (SSSR count). The number of carbonyl (C=O) groups is 4. The lowest BCUT2D eigenvalue weighted by molar-refractivity contribution is -0.139. The molecule has 194 valence electrons. The molecule has 5 atom stereocenters. The molecule has 0 aromatic heterocycles. The van der Waals surface area contributed by atoms with Gasteiger partial charge in [0.1, 0.15) is 11.5 Å². The molecule has 0 N–H and O–H groups in total. The standard InChI is InChI=1S/C27H26Br2N2O6/c1-14-8-18(6-7-23(14)31-25(33)19-11-21(28)22(29)12-20(19)26(31)34)37-27(35)15-9-24(32)30(13-15)16-4-3-5-17(10-16)36-2/h3-8,10,15,19-22H,9,11-13H2,1-2H3/t15-,19-,20+,21+,22-/m1/s1. The summed E-state index contributed by atoms with van der Waals surface area (Å²) in [6.45, 7) is 1.99. The van der Waals surface area contributed by atoms with Crippen LogP contribution in [-0.2, 0) is 19.2 Å². The number of hydrogen-bond donors (Lipinski definition) is 0. The molecule has 37 heavy (non-hydrogen) atoms. The van der Waals surface area contributed by atoms with E-state index in [0.717, 1.165) is 0 Å². The maximum atomic E-state index is 13.1. The fourth-order valence-electron chi connectivity index (χ4n) is 5.37. The average molecular weight is 634 g/mol. The number of fused-ring (bicyclic) bond motifs is 1. The minimum Gasteiger partial charge on any atom is -0.497 e. The Labute approximate surface area is 231 Å². The monoisotopic (exact) mass is 632 g/mol. The Hall–Kier alpha value is -2.72. The van der Waals surface area contributed by atoms with Gasteiger partial charge in [0.2, 0.25) is 17.7 Å². The molecule has 10 heteroatoms. The van der Waals surface area contributed by atoms with E-state index in [1.807, 2.05) is 0 Å². The number of ether oxygens (including phenoxy) is 2. The predicted molar refractivity (Wildman–Crippen MR) is 144 cm³/mol. The first-order valence-electron chi connectivity index (χ1n) is 12.1. The first kappa shape index (κ1) is 25.9. The van der Waals surface area contributed by atoms with E-state index in [-0.39, 0.29) is 52.2 Å². The Bertz CT molecular complexity index is 1260. The summed E-state index contributed by atoms with van der Waals surface area (Å²) in [7, 11) is 1.55. The topological polar surface area (TPSA) is 93.2 Å². The molecule has 2 aliphatic heterocycles. The average Bonchev–Trinajstić information content (AvgIpc) is 3.37. The first-order valence-corrected chi connectivity index (χ1v) is 13.9. The van der Waals surface area contributed by atoms with Crippen molar-refractivity contribution in [3.05, 3.63) is 48.0 Å². The molecular weight excluding hydrogens is 608 g/mol. The van der Waals surface area contributed by atoms with Crippen LogP contribution in [0.2, 0.25) is 0 Å². The molecule has 3 aliphatic rings. The molecule has 0 spiro atoms. The van der Waals surface area contributed by atoms with Crippen molar-refractivity contribution in [3.63, 3.8) is 0 Å². The number of carbonyl (C=O) groups excluding carboxylic acids is 4. The lowest BCUT2D eigenvalue weighted by atomic mass is 9.81. The van der Waals surface area contributed by atoms with Crippen LogP contribution in [0.3, 0.4) is 0 Å². The van der Waals surface area contributed by atoms with Gasteiger partial charge < -0.3 is 14.4 Å². The number of imide groups is 1.